The SMILES string of the molecule is COc1ccccc1OCC(=O)NN=Cc1ccc(OCc2ccccc2)c(OC)c1. The number of methoxy groups -OCH3 is 2. The summed E-state index contributed by atoms with van der Waals surface area (Å²) in [6, 6.07) is 22.4. The van der Waals surface area contributed by atoms with Crippen molar-refractivity contribution in [3.63, 3.8) is 0 Å². The highest BCUT2D eigenvalue weighted by Gasteiger charge is 2.07. The maximum atomic E-state index is 12.0. The third kappa shape index (κ3) is 6.50. The van der Waals surface area contributed by atoms with E-state index >= 15 is 0 Å². The highest BCUT2D eigenvalue weighted by atomic mass is 16.5. The summed E-state index contributed by atoms with van der Waals surface area (Å²) in [4.78, 5) is 12.0. The van der Waals surface area contributed by atoms with E-state index in [1.54, 1.807) is 44.6 Å². The van der Waals surface area contributed by atoms with Gasteiger partial charge in [0.25, 0.3) is 5.91 Å². The van der Waals surface area contributed by atoms with Gasteiger partial charge < -0.3 is 18.9 Å². The highest BCUT2D eigenvalue weighted by molar-refractivity contribution is 5.83. The number of ether oxygens (including phenoxy) is 4. The molecule has 0 radical (unpaired) electrons. The lowest BCUT2D eigenvalue weighted by atomic mass is 10.2. The lowest BCUT2D eigenvalue weighted by Gasteiger charge is -2.11. The summed E-state index contributed by atoms with van der Waals surface area (Å²) in [6.07, 6.45) is 1.52. The lowest BCUT2D eigenvalue weighted by Crippen LogP contribution is -2.24. The van der Waals surface area contributed by atoms with Gasteiger partial charge in [0.2, 0.25) is 0 Å². The molecule has 3 rings (SSSR count). The van der Waals surface area contributed by atoms with E-state index in [0.29, 0.717) is 29.6 Å². The van der Waals surface area contributed by atoms with Crippen LogP contribution in [-0.2, 0) is 11.4 Å². The van der Waals surface area contributed by atoms with E-state index in [4.69, 9.17) is 18.9 Å². The van der Waals surface area contributed by atoms with Gasteiger partial charge in [-0.2, -0.15) is 5.10 Å². The number of carbonyl (C=O) groups is 1. The van der Waals surface area contributed by atoms with E-state index in [-0.39, 0.29) is 6.61 Å². The number of hydrogen-bond acceptors (Lipinski definition) is 6. The molecule has 7 heteroatoms. The highest BCUT2D eigenvalue weighted by Crippen LogP contribution is 2.28. The van der Waals surface area contributed by atoms with Gasteiger partial charge in [-0.1, -0.05) is 42.5 Å². The molecule has 0 atom stereocenters. The third-order valence-electron chi connectivity index (χ3n) is 4.26. The zero-order valence-electron chi connectivity index (χ0n) is 17.4. The van der Waals surface area contributed by atoms with E-state index in [9.17, 15) is 4.79 Å². The number of carbonyl (C=O) groups excluding carboxylic acids is 1. The minimum Gasteiger partial charge on any atom is -0.493 e. The predicted molar refractivity (Wildman–Crippen MR) is 118 cm³/mol. The molecule has 0 unspecified atom stereocenters. The molecule has 3 aromatic rings. The van der Waals surface area contributed by atoms with Crippen molar-refractivity contribution in [2.24, 2.45) is 5.10 Å². The topological polar surface area (TPSA) is 78.4 Å². The normalized spacial score (nSPS) is 10.5. The number of nitrogens with one attached hydrogen (secondary N) is 1. The fourth-order valence-electron chi connectivity index (χ4n) is 2.71. The third-order valence-corrected chi connectivity index (χ3v) is 4.26. The van der Waals surface area contributed by atoms with Crippen LogP contribution in [0, 0.1) is 0 Å². The molecule has 0 saturated carbocycles. The van der Waals surface area contributed by atoms with Gasteiger partial charge in [0.1, 0.15) is 6.61 Å². The Labute approximate surface area is 181 Å². The second-order valence-electron chi connectivity index (χ2n) is 6.42. The second kappa shape index (κ2) is 11.3. The standard InChI is InChI=1S/C24H24N2O5/c1-28-20-10-6-7-11-21(20)31-17-24(27)26-25-15-19-12-13-22(23(14-19)29-2)30-16-18-8-4-3-5-9-18/h3-15H,16-17H2,1-2H3,(H,26,27). The summed E-state index contributed by atoms with van der Waals surface area (Å²) in [5.41, 5.74) is 4.24. The fourth-order valence-corrected chi connectivity index (χ4v) is 2.71. The van der Waals surface area contributed by atoms with Crippen molar-refractivity contribution in [1.29, 1.82) is 0 Å². The molecule has 160 valence electrons. The Morgan fingerprint density at radius 1 is 0.839 bits per heavy atom. The molecular weight excluding hydrogens is 396 g/mol. The Bertz CT molecular complexity index is 1020. The monoisotopic (exact) mass is 420 g/mol. The Morgan fingerprint density at radius 2 is 1.52 bits per heavy atom. The van der Waals surface area contributed by atoms with E-state index in [1.165, 1.54) is 6.21 Å². The molecule has 0 aliphatic rings. The van der Waals surface area contributed by atoms with Crippen molar-refractivity contribution in [2.45, 2.75) is 6.61 Å². The molecule has 0 aliphatic heterocycles. The minimum atomic E-state index is -0.392. The van der Waals surface area contributed by atoms with Crippen molar-refractivity contribution in [2.75, 3.05) is 20.8 Å². The van der Waals surface area contributed by atoms with Gasteiger partial charge in [0, 0.05) is 0 Å². The molecule has 1 amide bonds. The molecule has 1 N–H and O–H groups in total. The van der Waals surface area contributed by atoms with E-state index in [0.717, 1.165) is 11.1 Å². The Kier molecular flexibility index (Phi) is 7.88. The van der Waals surface area contributed by atoms with E-state index in [2.05, 4.69) is 10.5 Å². The number of nitrogens with zero attached hydrogens (tertiary/aromatic N) is 1. The van der Waals surface area contributed by atoms with Gasteiger partial charge in [-0.3, -0.25) is 4.79 Å². The van der Waals surface area contributed by atoms with Crippen molar-refractivity contribution >= 4 is 12.1 Å². The van der Waals surface area contributed by atoms with Crippen LogP contribution in [0.2, 0.25) is 0 Å². The maximum Gasteiger partial charge on any atom is 0.277 e. The van der Waals surface area contributed by atoms with E-state index < -0.39 is 5.91 Å². The van der Waals surface area contributed by atoms with Crippen LogP contribution in [0.25, 0.3) is 0 Å². The minimum absolute atomic E-state index is 0.187. The molecule has 3 aromatic carbocycles. The summed E-state index contributed by atoms with van der Waals surface area (Å²) in [5.74, 6) is 1.85. The molecule has 0 aliphatic carbocycles. The average Bonchev–Trinajstić information content (AvgIpc) is 2.82. The molecule has 0 heterocycles. The van der Waals surface area contributed by atoms with Crippen LogP contribution in [0.4, 0.5) is 0 Å². The van der Waals surface area contributed by atoms with Gasteiger partial charge in [-0.15, -0.1) is 0 Å². The first-order valence-electron chi connectivity index (χ1n) is 9.62. The molecule has 0 saturated heterocycles. The number of hydrogen-bond donors (Lipinski definition) is 1. The fraction of sp³-hybridized carbons (Fsp3) is 0.167. The zero-order valence-corrected chi connectivity index (χ0v) is 17.4. The van der Waals surface area contributed by atoms with Gasteiger partial charge >= 0.3 is 0 Å². The number of rotatable bonds is 10. The van der Waals surface area contributed by atoms with Crippen molar-refractivity contribution < 1.29 is 23.7 Å². The first kappa shape index (κ1) is 21.7. The van der Waals surface area contributed by atoms with Gasteiger partial charge in [0.05, 0.1) is 20.4 Å². The number of para-hydroxylation sites is 2. The van der Waals surface area contributed by atoms with Gasteiger partial charge in [-0.05, 0) is 41.5 Å². The lowest BCUT2D eigenvalue weighted by molar-refractivity contribution is -0.123. The van der Waals surface area contributed by atoms with Crippen molar-refractivity contribution in [3.8, 4) is 23.0 Å². The zero-order chi connectivity index (χ0) is 21.9. The molecule has 0 aromatic heterocycles. The number of hydrazone groups is 1. The summed E-state index contributed by atoms with van der Waals surface area (Å²) >= 11 is 0. The number of amides is 1. The maximum absolute atomic E-state index is 12.0. The van der Waals surface area contributed by atoms with Crippen LogP contribution in [0.15, 0.2) is 77.9 Å². The Morgan fingerprint density at radius 3 is 2.26 bits per heavy atom. The summed E-state index contributed by atoms with van der Waals surface area (Å²) in [7, 11) is 3.11. The first-order chi connectivity index (χ1) is 15.2. The van der Waals surface area contributed by atoms with Crippen LogP contribution in [-0.4, -0.2) is 32.9 Å². The molecule has 0 spiro atoms. The van der Waals surface area contributed by atoms with Crippen LogP contribution >= 0.6 is 0 Å². The largest absolute Gasteiger partial charge is 0.493 e. The van der Waals surface area contributed by atoms with Crippen LogP contribution in [0.3, 0.4) is 0 Å². The van der Waals surface area contributed by atoms with Gasteiger partial charge in [-0.25, -0.2) is 5.43 Å². The molecule has 0 fully saturated rings. The van der Waals surface area contributed by atoms with Crippen LogP contribution in [0.1, 0.15) is 11.1 Å². The summed E-state index contributed by atoms with van der Waals surface area (Å²) in [6.45, 7) is 0.250. The van der Waals surface area contributed by atoms with Gasteiger partial charge in [0.15, 0.2) is 29.6 Å². The summed E-state index contributed by atoms with van der Waals surface area (Å²) in [5, 5.41) is 3.96. The molecule has 7 nitrogen and oxygen atoms in total. The quantitative estimate of drug-likeness (QED) is 0.399. The molecule has 31 heavy (non-hydrogen) atoms. The van der Waals surface area contributed by atoms with Crippen LogP contribution in [0.5, 0.6) is 23.0 Å². The second-order valence-corrected chi connectivity index (χ2v) is 6.42. The summed E-state index contributed by atoms with van der Waals surface area (Å²) < 4.78 is 21.9. The van der Waals surface area contributed by atoms with Crippen molar-refractivity contribution in [3.05, 3.63) is 83.9 Å². The molecular formula is C24H24N2O5. The number of benzene rings is 3. The Balaban J connectivity index is 1.52. The smallest absolute Gasteiger partial charge is 0.277 e. The molecule has 0 bridgehead atoms. The average molecular weight is 420 g/mol. The van der Waals surface area contributed by atoms with Crippen LogP contribution < -0.4 is 24.4 Å². The van der Waals surface area contributed by atoms with E-state index in [1.807, 2.05) is 42.5 Å². The predicted octanol–water partition coefficient (Wildman–Crippen LogP) is 3.81. The Hall–Kier alpha value is -4.00. The first-order valence-corrected chi connectivity index (χ1v) is 9.62. The van der Waals surface area contributed by atoms with Crippen molar-refractivity contribution in [1.82, 2.24) is 5.43 Å².